The highest BCUT2D eigenvalue weighted by Crippen LogP contribution is 2.30. The summed E-state index contributed by atoms with van der Waals surface area (Å²) in [5.74, 6) is -0.0477. The molecule has 1 fully saturated rings. The molecule has 0 atom stereocenters. The first-order valence-electron chi connectivity index (χ1n) is 6.29. The van der Waals surface area contributed by atoms with Crippen molar-refractivity contribution < 1.29 is 22.7 Å². The molecule has 7 heteroatoms. The van der Waals surface area contributed by atoms with Gasteiger partial charge in [-0.15, -0.1) is 13.2 Å². The molecule has 0 unspecified atom stereocenters. The summed E-state index contributed by atoms with van der Waals surface area (Å²) in [6, 6.07) is 5.61. The van der Waals surface area contributed by atoms with Crippen molar-refractivity contribution in [2.45, 2.75) is 19.2 Å². The smallest absolute Gasteiger partial charge is 0.404 e. The molecule has 0 radical (unpaired) electrons. The van der Waals surface area contributed by atoms with E-state index < -0.39 is 6.36 Å². The van der Waals surface area contributed by atoms with Crippen molar-refractivity contribution in [1.82, 2.24) is 5.32 Å². The van der Waals surface area contributed by atoms with Crippen LogP contribution in [0.15, 0.2) is 24.3 Å². The molecule has 20 heavy (non-hydrogen) atoms. The van der Waals surface area contributed by atoms with Crippen LogP contribution in [0.1, 0.15) is 12.8 Å². The summed E-state index contributed by atoms with van der Waals surface area (Å²) in [5, 5.41) is 5.36. The van der Waals surface area contributed by atoms with Gasteiger partial charge in [0.2, 0.25) is 5.91 Å². The molecule has 1 saturated carbocycles. The Hall–Kier alpha value is -1.92. The molecule has 0 bridgehead atoms. The van der Waals surface area contributed by atoms with E-state index in [1.807, 2.05) is 0 Å². The molecule has 0 aromatic heterocycles. The van der Waals surface area contributed by atoms with E-state index in [-0.39, 0.29) is 23.9 Å². The van der Waals surface area contributed by atoms with Crippen molar-refractivity contribution in [3.8, 4) is 5.75 Å². The van der Waals surface area contributed by atoms with Crippen LogP contribution in [0.5, 0.6) is 5.75 Å². The van der Waals surface area contributed by atoms with Crippen molar-refractivity contribution in [2.24, 2.45) is 5.92 Å². The zero-order chi connectivity index (χ0) is 14.6. The van der Waals surface area contributed by atoms with E-state index in [1.165, 1.54) is 18.2 Å². The van der Waals surface area contributed by atoms with Crippen LogP contribution in [0.2, 0.25) is 0 Å². The highest BCUT2D eigenvalue weighted by atomic mass is 19.4. The zero-order valence-electron chi connectivity index (χ0n) is 10.7. The second kappa shape index (κ2) is 6.02. The lowest BCUT2D eigenvalue weighted by Crippen LogP contribution is -2.31. The van der Waals surface area contributed by atoms with Gasteiger partial charge in [0.1, 0.15) is 0 Å². The third-order valence-corrected chi connectivity index (χ3v) is 2.84. The first-order chi connectivity index (χ1) is 9.44. The molecule has 1 aliphatic carbocycles. The molecule has 0 saturated heterocycles. The van der Waals surface area contributed by atoms with E-state index in [1.54, 1.807) is 6.07 Å². The predicted octanol–water partition coefficient (Wildman–Crippen LogP) is 2.52. The molecule has 1 amide bonds. The van der Waals surface area contributed by atoms with Gasteiger partial charge in [0.05, 0.1) is 12.2 Å². The van der Waals surface area contributed by atoms with Gasteiger partial charge in [-0.1, -0.05) is 12.1 Å². The maximum absolute atomic E-state index is 12.2. The maximum Gasteiger partial charge on any atom is 0.573 e. The number of para-hydroxylation sites is 2. The van der Waals surface area contributed by atoms with Crippen molar-refractivity contribution in [3.63, 3.8) is 0 Å². The number of hydrogen-bond donors (Lipinski definition) is 2. The van der Waals surface area contributed by atoms with Crippen LogP contribution in [0.4, 0.5) is 18.9 Å². The predicted molar refractivity (Wildman–Crippen MR) is 67.3 cm³/mol. The molecule has 4 nitrogen and oxygen atoms in total. The molecule has 0 aliphatic heterocycles. The quantitative estimate of drug-likeness (QED) is 0.845. The number of carbonyl (C=O) groups excluding carboxylic acids is 1. The Balaban J connectivity index is 1.86. The van der Waals surface area contributed by atoms with E-state index >= 15 is 0 Å². The number of hydrogen-bond acceptors (Lipinski definition) is 3. The summed E-state index contributed by atoms with van der Waals surface area (Å²) in [6.07, 6.45) is -2.52. The van der Waals surface area contributed by atoms with Crippen LogP contribution in [0.25, 0.3) is 0 Å². The summed E-state index contributed by atoms with van der Waals surface area (Å²) in [5.41, 5.74) is 0.131. The monoisotopic (exact) mass is 288 g/mol. The summed E-state index contributed by atoms with van der Waals surface area (Å²) in [6.45, 7) is 0.534. The Bertz CT molecular complexity index is 473. The molecule has 2 N–H and O–H groups in total. The third kappa shape index (κ3) is 4.99. The minimum Gasteiger partial charge on any atom is -0.404 e. The molecule has 1 aromatic rings. The van der Waals surface area contributed by atoms with Gasteiger partial charge in [-0.25, -0.2) is 0 Å². The van der Waals surface area contributed by atoms with Gasteiger partial charge in [-0.3, -0.25) is 4.79 Å². The summed E-state index contributed by atoms with van der Waals surface area (Å²) < 4.78 is 40.5. The highest BCUT2D eigenvalue weighted by Gasteiger charge is 2.32. The topological polar surface area (TPSA) is 50.4 Å². The lowest BCUT2D eigenvalue weighted by Gasteiger charge is -2.14. The van der Waals surface area contributed by atoms with Crippen LogP contribution in [-0.4, -0.2) is 25.4 Å². The fourth-order valence-electron chi connectivity index (χ4n) is 1.64. The zero-order valence-corrected chi connectivity index (χ0v) is 10.7. The lowest BCUT2D eigenvalue weighted by molar-refractivity contribution is -0.274. The summed E-state index contributed by atoms with van der Waals surface area (Å²) in [4.78, 5) is 11.5. The second-order valence-electron chi connectivity index (χ2n) is 4.64. The van der Waals surface area contributed by atoms with Gasteiger partial charge in [0.15, 0.2) is 5.75 Å². The van der Waals surface area contributed by atoms with Crippen LogP contribution < -0.4 is 15.4 Å². The van der Waals surface area contributed by atoms with Crippen LogP contribution in [0.3, 0.4) is 0 Å². The Morgan fingerprint density at radius 1 is 1.30 bits per heavy atom. The Labute approximate surface area is 114 Å². The molecule has 2 rings (SSSR count). The molecule has 0 heterocycles. The van der Waals surface area contributed by atoms with Gasteiger partial charge in [0, 0.05) is 6.54 Å². The van der Waals surface area contributed by atoms with Crippen molar-refractivity contribution in [3.05, 3.63) is 24.3 Å². The number of benzene rings is 1. The van der Waals surface area contributed by atoms with E-state index in [9.17, 15) is 18.0 Å². The Kier molecular flexibility index (Phi) is 4.36. The van der Waals surface area contributed by atoms with Gasteiger partial charge in [0.25, 0.3) is 0 Å². The number of amides is 1. The Morgan fingerprint density at radius 2 is 2.00 bits per heavy atom. The van der Waals surface area contributed by atoms with Crippen LogP contribution >= 0.6 is 0 Å². The number of ether oxygens (including phenoxy) is 1. The second-order valence-corrected chi connectivity index (χ2v) is 4.64. The standard InChI is InChI=1S/C13H15F3N2O2/c14-13(15,16)20-11-4-2-1-3-10(11)17-8-12(19)18-7-9-5-6-9/h1-4,9,17H,5-8H2,(H,18,19). The molecule has 110 valence electrons. The fraction of sp³-hybridized carbons (Fsp3) is 0.462. The minimum atomic E-state index is -4.76. The van der Waals surface area contributed by atoms with E-state index in [4.69, 9.17) is 0 Å². The first-order valence-corrected chi connectivity index (χ1v) is 6.29. The number of rotatable bonds is 6. The van der Waals surface area contributed by atoms with Crippen molar-refractivity contribution in [2.75, 3.05) is 18.4 Å². The van der Waals surface area contributed by atoms with E-state index in [2.05, 4.69) is 15.4 Å². The molecular formula is C13H15F3N2O2. The number of anilines is 1. The van der Waals surface area contributed by atoms with Gasteiger partial charge in [-0.2, -0.15) is 0 Å². The van der Waals surface area contributed by atoms with Crippen molar-refractivity contribution in [1.29, 1.82) is 0 Å². The van der Waals surface area contributed by atoms with Crippen LogP contribution in [-0.2, 0) is 4.79 Å². The van der Waals surface area contributed by atoms with Gasteiger partial charge in [-0.05, 0) is 30.9 Å². The van der Waals surface area contributed by atoms with Crippen molar-refractivity contribution >= 4 is 11.6 Å². The molecular weight excluding hydrogens is 273 g/mol. The average Bonchev–Trinajstić information content (AvgIpc) is 3.17. The first kappa shape index (κ1) is 14.5. The third-order valence-electron chi connectivity index (χ3n) is 2.84. The molecule has 1 aliphatic rings. The lowest BCUT2D eigenvalue weighted by atomic mass is 10.3. The van der Waals surface area contributed by atoms with Gasteiger partial charge >= 0.3 is 6.36 Å². The van der Waals surface area contributed by atoms with Gasteiger partial charge < -0.3 is 15.4 Å². The number of nitrogens with one attached hydrogen (secondary N) is 2. The van der Waals surface area contributed by atoms with E-state index in [0.29, 0.717) is 12.5 Å². The number of carbonyl (C=O) groups is 1. The SMILES string of the molecule is O=C(CNc1ccccc1OC(F)(F)F)NCC1CC1. The highest BCUT2D eigenvalue weighted by molar-refractivity contribution is 5.81. The number of alkyl halides is 3. The maximum atomic E-state index is 12.2. The molecule has 0 spiro atoms. The molecule has 1 aromatic carbocycles. The van der Waals surface area contributed by atoms with Crippen LogP contribution in [0, 0.1) is 5.92 Å². The summed E-state index contributed by atoms with van der Waals surface area (Å²) in [7, 11) is 0. The largest absolute Gasteiger partial charge is 0.573 e. The van der Waals surface area contributed by atoms with E-state index in [0.717, 1.165) is 12.8 Å². The Morgan fingerprint density at radius 3 is 2.65 bits per heavy atom. The summed E-state index contributed by atoms with van der Waals surface area (Å²) >= 11 is 0. The average molecular weight is 288 g/mol. The normalized spacial score (nSPS) is 14.8. The number of halogens is 3. The minimum absolute atomic E-state index is 0.0923. The fourth-order valence-corrected chi connectivity index (χ4v) is 1.64.